The Balaban J connectivity index is 0.00000272. The van der Waals surface area contributed by atoms with Crippen LogP contribution in [0.5, 0.6) is 0 Å². The van der Waals surface area contributed by atoms with Crippen LogP contribution in [0, 0.1) is 0 Å². The lowest BCUT2D eigenvalue weighted by atomic mass is 10.0. The fourth-order valence-corrected chi connectivity index (χ4v) is 3.20. The molecule has 160 valence electrons. The van der Waals surface area contributed by atoms with Crippen LogP contribution in [0.25, 0.3) is 22.4 Å². The molecule has 0 saturated carbocycles. The van der Waals surface area contributed by atoms with E-state index in [4.69, 9.17) is 4.52 Å². The smallest absolute Gasteiger partial charge is 0.276 e. The van der Waals surface area contributed by atoms with E-state index >= 15 is 0 Å². The lowest BCUT2D eigenvalue weighted by molar-refractivity contribution is 0.421. The van der Waals surface area contributed by atoms with Gasteiger partial charge in [0.15, 0.2) is 11.8 Å². The summed E-state index contributed by atoms with van der Waals surface area (Å²) in [7, 11) is 1.76. The first-order chi connectivity index (χ1) is 14.7. The molecule has 2 aromatic carbocycles. The number of aliphatic imine (C=N–C) groups is 1. The van der Waals surface area contributed by atoms with Crippen molar-refractivity contribution in [3.63, 3.8) is 0 Å². The van der Waals surface area contributed by atoms with Gasteiger partial charge in [-0.3, -0.25) is 9.98 Å². The van der Waals surface area contributed by atoms with E-state index < -0.39 is 0 Å². The molecule has 2 N–H and O–H groups in total. The van der Waals surface area contributed by atoms with E-state index in [-0.39, 0.29) is 30.0 Å². The van der Waals surface area contributed by atoms with Gasteiger partial charge in [0.05, 0.1) is 6.04 Å². The summed E-state index contributed by atoms with van der Waals surface area (Å²) in [5.41, 5.74) is 1.88. The van der Waals surface area contributed by atoms with Gasteiger partial charge in [0.2, 0.25) is 0 Å². The molecule has 1 atom stereocenters. The number of guanidine groups is 1. The zero-order chi connectivity index (χ0) is 20.8. The summed E-state index contributed by atoms with van der Waals surface area (Å²) in [6.45, 7) is 2.75. The summed E-state index contributed by atoms with van der Waals surface area (Å²) in [5, 5.41) is 13.2. The molecule has 4 aromatic rings. The van der Waals surface area contributed by atoms with E-state index in [0.29, 0.717) is 30.4 Å². The Kier molecular flexibility index (Phi) is 7.94. The first-order valence-corrected chi connectivity index (χ1v) is 9.93. The third-order valence-electron chi connectivity index (χ3n) is 4.84. The molecule has 1 unspecified atom stereocenters. The Labute approximate surface area is 198 Å². The fraction of sp³-hybridized carbons (Fsp3) is 0.217. The SMILES string of the molecule is CN=C(NCCc1noc(-c2ccccn2)n1)NC(C)c1ccc2ccccc2c1.I. The minimum atomic E-state index is 0. The number of pyridine rings is 1. The summed E-state index contributed by atoms with van der Waals surface area (Å²) < 4.78 is 5.29. The van der Waals surface area contributed by atoms with Crippen LogP contribution in [0.3, 0.4) is 0 Å². The van der Waals surface area contributed by atoms with Gasteiger partial charge >= 0.3 is 0 Å². The second kappa shape index (κ2) is 10.9. The highest BCUT2D eigenvalue weighted by molar-refractivity contribution is 14.0. The predicted octanol–water partition coefficient (Wildman–Crippen LogP) is 4.37. The number of hydrogen-bond donors (Lipinski definition) is 2. The lowest BCUT2D eigenvalue weighted by Crippen LogP contribution is -2.39. The summed E-state index contributed by atoms with van der Waals surface area (Å²) in [5.74, 6) is 1.78. The molecular formula is C23H25IN6O. The average Bonchev–Trinajstić information content (AvgIpc) is 3.27. The molecular weight excluding hydrogens is 503 g/mol. The third-order valence-corrected chi connectivity index (χ3v) is 4.84. The Morgan fingerprint density at radius 3 is 2.65 bits per heavy atom. The minimum Gasteiger partial charge on any atom is -0.356 e. The summed E-state index contributed by atoms with van der Waals surface area (Å²) in [6.07, 6.45) is 2.31. The van der Waals surface area contributed by atoms with E-state index in [1.54, 1.807) is 13.2 Å². The molecule has 0 spiro atoms. The first kappa shape index (κ1) is 22.7. The zero-order valence-electron chi connectivity index (χ0n) is 17.4. The van der Waals surface area contributed by atoms with Crippen molar-refractivity contribution in [2.24, 2.45) is 4.99 Å². The Bertz CT molecular complexity index is 1140. The van der Waals surface area contributed by atoms with E-state index in [1.165, 1.54) is 16.3 Å². The quantitative estimate of drug-likeness (QED) is 0.220. The van der Waals surface area contributed by atoms with Crippen LogP contribution in [0.15, 0.2) is 76.4 Å². The van der Waals surface area contributed by atoms with Crippen molar-refractivity contribution in [3.8, 4) is 11.6 Å². The monoisotopic (exact) mass is 528 g/mol. The number of halogens is 1. The molecule has 4 rings (SSSR count). The highest BCUT2D eigenvalue weighted by Gasteiger charge is 2.11. The maximum atomic E-state index is 5.29. The van der Waals surface area contributed by atoms with Gasteiger partial charge in [-0.1, -0.05) is 47.6 Å². The average molecular weight is 528 g/mol. The maximum Gasteiger partial charge on any atom is 0.276 e. The van der Waals surface area contributed by atoms with Crippen LogP contribution in [-0.4, -0.2) is 34.7 Å². The van der Waals surface area contributed by atoms with E-state index in [1.807, 2.05) is 18.2 Å². The first-order valence-electron chi connectivity index (χ1n) is 9.93. The normalized spacial score (nSPS) is 12.3. The summed E-state index contributed by atoms with van der Waals surface area (Å²) >= 11 is 0. The topological polar surface area (TPSA) is 88.2 Å². The zero-order valence-corrected chi connectivity index (χ0v) is 19.8. The molecule has 0 radical (unpaired) electrons. The van der Waals surface area contributed by atoms with Gasteiger partial charge < -0.3 is 15.2 Å². The largest absolute Gasteiger partial charge is 0.356 e. The van der Waals surface area contributed by atoms with Gasteiger partial charge in [-0.25, -0.2) is 0 Å². The van der Waals surface area contributed by atoms with Crippen molar-refractivity contribution in [1.29, 1.82) is 0 Å². The van der Waals surface area contributed by atoms with Crippen molar-refractivity contribution >= 4 is 40.7 Å². The maximum absolute atomic E-state index is 5.29. The van der Waals surface area contributed by atoms with Crippen LogP contribution in [-0.2, 0) is 6.42 Å². The van der Waals surface area contributed by atoms with Crippen molar-refractivity contribution in [1.82, 2.24) is 25.8 Å². The van der Waals surface area contributed by atoms with Crippen LogP contribution < -0.4 is 10.6 Å². The molecule has 2 heterocycles. The second-order valence-electron chi connectivity index (χ2n) is 6.95. The number of fused-ring (bicyclic) bond motifs is 1. The number of rotatable bonds is 6. The molecule has 31 heavy (non-hydrogen) atoms. The van der Waals surface area contributed by atoms with E-state index in [9.17, 15) is 0 Å². The highest BCUT2D eigenvalue weighted by Crippen LogP contribution is 2.20. The van der Waals surface area contributed by atoms with Crippen molar-refractivity contribution in [2.45, 2.75) is 19.4 Å². The molecule has 7 nitrogen and oxygen atoms in total. The molecule has 8 heteroatoms. The van der Waals surface area contributed by atoms with Gasteiger partial charge in [-0.15, -0.1) is 24.0 Å². The number of nitrogens with zero attached hydrogens (tertiary/aromatic N) is 4. The molecule has 0 aliphatic heterocycles. The predicted molar refractivity (Wildman–Crippen MR) is 134 cm³/mol. The number of aromatic nitrogens is 3. The number of nitrogens with one attached hydrogen (secondary N) is 2. The molecule has 0 aliphatic carbocycles. The van der Waals surface area contributed by atoms with Crippen LogP contribution in [0.4, 0.5) is 0 Å². The number of hydrogen-bond acceptors (Lipinski definition) is 5. The molecule has 0 fully saturated rings. The van der Waals surface area contributed by atoms with Crippen molar-refractivity contribution in [2.75, 3.05) is 13.6 Å². The van der Waals surface area contributed by atoms with E-state index in [2.05, 4.69) is 80.1 Å². The number of benzene rings is 2. The van der Waals surface area contributed by atoms with Gasteiger partial charge in [-0.05, 0) is 41.5 Å². The van der Waals surface area contributed by atoms with Crippen LogP contribution >= 0.6 is 24.0 Å². The highest BCUT2D eigenvalue weighted by atomic mass is 127. The lowest BCUT2D eigenvalue weighted by Gasteiger charge is -2.18. The van der Waals surface area contributed by atoms with Crippen molar-refractivity contribution < 1.29 is 4.52 Å². The molecule has 0 bridgehead atoms. The van der Waals surface area contributed by atoms with E-state index in [0.717, 1.165) is 5.96 Å². The Hall–Kier alpha value is -3.01. The Morgan fingerprint density at radius 2 is 1.87 bits per heavy atom. The van der Waals surface area contributed by atoms with Gasteiger partial charge in [0, 0.05) is 26.2 Å². The summed E-state index contributed by atoms with van der Waals surface area (Å²) in [6, 6.07) is 20.6. The van der Waals surface area contributed by atoms with Crippen LogP contribution in [0.2, 0.25) is 0 Å². The third kappa shape index (κ3) is 5.78. The van der Waals surface area contributed by atoms with Gasteiger partial charge in [0.25, 0.3) is 5.89 Å². The fourth-order valence-electron chi connectivity index (χ4n) is 3.20. The molecule has 2 aromatic heterocycles. The molecule has 0 aliphatic rings. The Morgan fingerprint density at radius 1 is 1.06 bits per heavy atom. The minimum absolute atomic E-state index is 0. The summed E-state index contributed by atoms with van der Waals surface area (Å²) in [4.78, 5) is 12.9. The van der Waals surface area contributed by atoms with Crippen LogP contribution in [0.1, 0.15) is 24.4 Å². The second-order valence-corrected chi connectivity index (χ2v) is 6.95. The van der Waals surface area contributed by atoms with Gasteiger partial charge in [-0.2, -0.15) is 4.98 Å². The van der Waals surface area contributed by atoms with Crippen molar-refractivity contribution in [3.05, 3.63) is 78.2 Å². The molecule has 0 amide bonds. The molecule has 0 saturated heterocycles. The van der Waals surface area contributed by atoms with Gasteiger partial charge in [0.1, 0.15) is 5.69 Å². The standard InChI is InChI=1S/C23H24N6O.HI/c1-16(18-11-10-17-7-3-4-8-19(17)15-18)27-23(24-2)26-14-12-21-28-22(30-29-21)20-9-5-6-13-25-20;/h3-11,13,15-16H,12,14H2,1-2H3,(H2,24,26,27);1H.